The lowest BCUT2D eigenvalue weighted by Gasteiger charge is -2.10. The average molecular weight is 240 g/mol. The maximum Gasteiger partial charge on any atom is 0.180 e. The first kappa shape index (κ1) is 14.4. The van der Waals surface area contributed by atoms with Crippen molar-refractivity contribution in [2.24, 2.45) is 0 Å². The Bertz CT molecular complexity index is 284. The molecule has 0 bridgehead atoms. The Balaban J connectivity index is 2.37. The number of allylic oxidation sites excluding steroid dienone is 2. The van der Waals surface area contributed by atoms with E-state index in [1.54, 1.807) is 0 Å². The molecule has 0 radical (unpaired) electrons. The van der Waals surface area contributed by atoms with E-state index in [0.717, 1.165) is 18.4 Å². The van der Waals surface area contributed by atoms with Crippen LogP contribution in [0.4, 0.5) is 0 Å². The second-order valence-electron chi connectivity index (χ2n) is 4.73. The van der Waals surface area contributed by atoms with Gasteiger partial charge in [-0.25, -0.2) is 0 Å². The second-order valence-corrected chi connectivity index (χ2v) is 4.73. The fourth-order valence-electron chi connectivity index (χ4n) is 1.74. The van der Waals surface area contributed by atoms with Crippen LogP contribution < -0.4 is 0 Å². The van der Waals surface area contributed by atoms with Gasteiger partial charge < -0.3 is 14.6 Å². The van der Waals surface area contributed by atoms with Gasteiger partial charge in [-0.1, -0.05) is 17.7 Å². The molecule has 0 aromatic heterocycles. The van der Waals surface area contributed by atoms with E-state index in [-0.39, 0.29) is 25.1 Å². The van der Waals surface area contributed by atoms with Crippen LogP contribution >= 0.6 is 0 Å². The van der Waals surface area contributed by atoms with Crippen LogP contribution in [-0.2, 0) is 9.47 Å². The smallest absolute Gasteiger partial charge is 0.180 e. The molecule has 1 heterocycles. The molecular weight excluding hydrogens is 216 g/mol. The highest BCUT2D eigenvalue weighted by Crippen LogP contribution is 2.24. The molecule has 1 N–H and O–H groups in total. The topological polar surface area (TPSA) is 38.7 Å². The number of hydrogen-bond donors (Lipinski definition) is 1. The third-order valence-corrected chi connectivity index (χ3v) is 3.15. The minimum atomic E-state index is -0.179. The van der Waals surface area contributed by atoms with E-state index in [9.17, 15) is 0 Å². The zero-order valence-corrected chi connectivity index (χ0v) is 11.3. The number of rotatable bonds is 5. The Morgan fingerprint density at radius 1 is 1.12 bits per heavy atom. The fourth-order valence-corrected chi connectivity index (χ4v) is 1.74. The minimum absolute atomic E-state index is 0.123. The van der Waals surface area contributed by atoms with Crippen molar-refractivity contribution in [1.82, 2.24) is 0 Å². The summed E-state index contributed by atoms with van der Waals surface area (Å²) < 4.78 is 11.4. The van der Waals surface area contributed by atoms with E-state index in [4.69, 9.17) is 14.6 Å². The number of hydrogen-bond acceptors (Lipinski definition) is 3. The highest BCUT2D eigenvalue weighted by molar-refractivity contribution is 5.06. The Hall–Kier alpha value is -0.640. The van der Waals surface area contributed by atoms with Crippen molar-refractivity contribution in [2.75, 3.05) is 6.61 Å². The lowest BCUT2D eigenvalue weighted by Crippen LogP contribution is -2.13. The highest BCUT2D eigenvalue weighted by Gasteiger charge is 2.30. The Morgan fingerprint density at radius 3 is 2.24 bits per heavy atom. The number of aliphatic hydroxyl groups excluding tert-OH is 1. The molecule has 0 aliphatic carbocycles. The summed E-state index contributed by atoms with van der Waals surface area (Å²) in [6.07, 6.45) is 6.08. The molecule has 0 spiro atoms. The molecule has 3 nitrogen and oxygen atoms in total. The maximum absolute atomic E-state index is 8.74. The van der Waals surface area contributed by atoms with Crippen LogP contribution in [0.5, 0.6) is 0 Å². The summed E-state index contributed by atoms with van der Waals surface area (Å²) in [5.41, 5.74) is 2.35. The molecule has 0 aromatic rings. The standard InChI is InChI=1S/C14H24O3/c1-10(8-9-15)6-5-7-11(2)14-16-12(3)13(4)17-14/h7-8,12-15H,5-6,9H2,1-4H3. The first-order chi connectivity index (χ1) is 8.04. The predicted molar refractivity (Wildman–Crippen MR) is 68.7 cm³/mol. The molecule has 1 fully saturated rings. The van der Waals surface area contributed by atoms with E-state index in [1.807, 2.05) is 33.8 Å². The van der Waals surface area contributed by atoms with Crippen LogP contribution in [-0.4, -0.2) is 30.2 Å². The van der Waals surface area contributed by atoms with Crippen molar-refractivity contribution in [1.29, 1.82) is 0 Å². The summed E-state index contributed by atoms with van der Waals surface area (Å²) in [7, 11) is 0. The quantitative estimate of drug-likeness (QED) is 0.751. The van der Waals surface area contributed by atoms with Gasteiger partial charge in [0.2, 0.25) is 0 Å². The molecule has 2 atom stereocenters. The zero-order valence-electron chi connectivity index (χ0n) is 11.3. The van der Waals surface area contributed by atoms with Crippen molar-refractivity contribution >= 4 is 0 Å². The summed E-state index contributed by atoms with van der Waals surface area (Å²) in [5, 5.41) is 8.74. The van der Waals surface area contributed by atoms with Crippen LogP contribution in [0.15, 0.2) is 23.3 Å². The molecule has 0 amide bonds. The summed E-state index contributed by atoms with van der Waals surface area (Å²) in [6, 6.07) is 0. The van der Waals surface area contributed by atoms with Crippen molar-refractivity contribution in [3.8, 4) is 0 Å². The van der Waals surface area contributed by atoms with Crippen molar-refractivity contribution in [2.45, 2.75) is 59.0 Å². The maximum atomic E-state index is 8.74. The molecule has 1 rings (SSSR count). The summed E-state index contributed by atoms with van der Waals surface area (Å²) in [6.45, 7) is 8.27. The number of ether oxygens (including phenoxy) is 2. The highest BCUT2D eigenvalue weighted by atomic mass is 16.7. The van der Waals surface area contributed by atoms with Gasteiger partial charge in [0.1, 0.15) is 0 Å². The van der Waals surface area contributed by atoms with E-state index >= 15 is 0 Å². The second kappa shape index (κ2) is 6.94. The molecule has 1 saturated heterocycles. The first-order valence-corrected chi connectivity index (χ1v) is 6.28. The summed E-state index contributed by atoms with van der Waals surface area (Å²) >= 11 is 0. The molecule has 0 saturated carbocycles. The van der Waals surface area contributed by atoms with Gasteiger partial charge in [-0.2, -0.15) is 0 Å². The van der Waals surface area contributed by atoms with Gasteiger partial charge in [-0.15, -0.1) is 0 Å². The summed E-state index contributed by atoms with van der Waals surface area (Å²) in [4.78, 5) is 0. The van der Waals surface area contributed by atoms with Gasteiger partial charge in [0.05, 0.1) is 18.8 Å². The predicted octanol–water partition coefficient (Wildman–Crippen LogP) is 2.80. The molecule has 3 heteroatoms. The van der Waals surface area contributed by atoms with Gasteiger partial charge in [0, 0.05) is 0 Å². The van der Waals surface area contributed by atoms with Gasteiger partial charge in [-0.3, -0.25) is 0 Å². The lowest BCUT2D eigenvalue weighted by molar-refractivity contribution is -0.0334. The zero-order chi connectivity index (χ0) is 12.8. The Labute approximate surface area is 104 Å². The monoisotopic (exact) mass is 240 g/mol. The third kappa shape index (κ3) is 4.62. The van der Waals surface area contributed by atoms with Crippen molar-refractivity contribution in [3.05, 3.63) is 23.3 Å². The van der Waals surface area contributed by atoms with E-state index < -0.39 is 0 Å². The largest absolute Gasteiger partial charge is 0.392 e. The normalized spacial score (nSPS) is 31.0. The minimum Gasteiger partial charge on any atom is -0.392 e. The molecule has 0 aromatic carbocycles. The van der Waals surface area contributed by atoms with E-state index in [0.29, 0.717) is 0 Å². The molecule has 2 unspecified atom stereocenters. The van der Waals surface area contributed by atoms with Crippen LogP contribution in [0.2, 0.25) is 0 Å². The molecule has 1 aliphatic heterocycles. The van der Waals surface area contributed by atoms with Crippen LogP contribution in [0.25, 0.3) is 0 Å². The van der Waals surface area contributed by atoms with Gasteiger partial charge >= 0.3 is 0 Å². The Morgan fingerprint density at radius 2 is 1.71 bits per heavy atom. The molecule has 17 heavy (non-hydrogen) atoms. The molecule has 1 aliphatic rings. The van der Waals surface area contributed by atoms with Crippen molar-refractivity contribution in [3.63, 3.8) is 0 Å². The van der Waals surface area contributed by atoms with Crippen LogP contribution in [0.3, 0.4) is 0 Å². The average Bonchev–Trinajstić information content (AvgIpc) is 2.59. The fraction of sp³-hybridized carbons (Fsp3) is 0.714. The van der Waals surface area contributed by atoms with E-state index in [2.05, 4.69) is 6.08 Å². The van der Waals surface area contributed by atoms with E-state index in [1.165, 1.54) is 5.57 Å². The summed E-state index contributed by atoms with van der Waals surface area (Å²) in [5.74, 6) is 0. The molecular formula is C14H24O3. The Kier molecular flexibility index (Phi) is 5.89. The van der Waals surface area contributed by atoms with Crippen LogP contribution in [0.1, 0.15) is 40.5 Å². The molecule has 98 valence electrons. The van der Waals surface area contributed by atoms with Crippen LogP contribution in [0, 0.1) is 0 Å². The SMILES string of the molecule is CC(=CCO)CCC=C(C)C1OC(C)C(C)O1. The van der Waals surface area contributed by atoms with Crippen molar-refractivity contribution < 1.29 is 14.6 Å². The first-order valence-electron chi connectivity index (χ1n) is 6.28. The third-order valence-electron chi connectivity index (χ3n) is 3.15. The number of aliphatic hydroxyl groups is 1. The van der Waals surface area contributed by atoms with Gasteiger partial charge in [0.15, 0.2) is 6.29 Å². The lowest BCUT2D eigenvalue weighted by atomic mass is 10.1. The van der Waals surface area contributed by atoms with Gasteiger partial charge in [0.25, 0.3) is 0 Å². The van der Waals surface area contributed by atoms with Gasteiger partial charge in [-0.05, 0) is 46.1 Å².